The monoisotopic (exact) mass is 1250 g/mol. The minimum atomic E-state index is -1.39. The van der Waals surface area contributed by atoms with Crippen molar-refractivity contribution in [1.82, 2.24) is 51.1 Å². The molecule has 1 aliphatic heterocycles. The van der Waals surface area contributed by atoms with E-state index in [4.69, 9.17) is 44.1 Å². The number of benzene rings is 2. The highest BCUT2D eigenvalue weighted by Gasteiger charge is 2.29. The number of imide groups is 1. The van der Waals surface area contributed by atoms with Crippen molar-refractivity contribution in [3.8, 4) is 28.5 Å². The summed E-state index contributed by atoms with van der Waals surface area (Å²) in [6.45, 7) is 7.54. The van der Waals surface area contributed by atoms with E-state index in [0.717, 1.165) is 10.6 Å². The third-order valence-electron chi connectivity index (χ3n) is 13.4. The van der Waals surface area contributed by atoms with Gasteiger partial charge in [0.15, 0.2) is 5.82 Å². The molecule has 478 valence electrons. The first-order valence-electron chi connectivity index (χ1n) is 28.9. The number of nitrogens with two attached hydrogens (primary N) is 1. The second-order valence-electron chi connectivity index (χ2n) is 20.5. The average molecular weight is 1250 g/mol. The van der Waals surface area contributed by atoms with Crippen molar-refractivity contribution >= 4 is 70.0 Å². The van der Waals surface area contributed by atoms with Crippen LogP contribution in [0.3, 0.4) is 0 Å². The summed E-state index contributed by atoms with van der Waals surface area (Å²) in [4.78, 5) is 122. The zero-order valence-electron chi connectivity index (χ0n) is 49.8. The summed E-state index contributed by atoms with van der Waals surface area (Å²) in [6.07, 6.45) is 3.57. The molecule has 0 fully saturated rings. The molecule has 5 heterocycles. The number of nitrogens with one attached hydrogen (secondary N) is 7. The SMILES string of the molecule is Cc1cccc(-c2nc(CNc3cccc(C(=O)O)c3F)[nH]c2-c2ccc3ncc(OCCNC(=O)OCc4ccc(NC(=O)C(CCCNC(N)=O)NC(=O)C(NC(=O)CCOCCOCCOCCOCCN5C(=O)C=CC5=O)C(C)C)cc4)cc3n2)n1. The summed E-state index contributed by atoms with van der Waals surface area (Å²) >= 11 is 0. The number of carbonyl (C=O) groups excluding carboxylic acids is 7. The molecule has 0 bridgehead atoms. The Balaban J connectivity index is 0.815. The Labute approximate surface area is 516 Å². The number of hydrogen-bond donors (Lipinski definition) is 9. The molecule has 0 aliphatic carbocycles. The van der Waals surface area contributed by atoms with Crippen LogP contribution in [0.15, 0.2) is 97.2 Å². The van der Waals surface area contributed by atoms with Crippen LogP contribution >= 0.6 is 0 Å². The fourth-order valence-corrected chi connectivity index (χ4v) is 8.77. The number of carboxylic acids is 1. The molecule has 2 aromatic carbocycles. The Morgan fingerprint density at radius 3 is 2.13 bits per heavy atom. The fraction of sp³-hybridized carbons (Fsp3) is 0.377. The number of urea groups is 1. The van der Waals surface area contributed by atoms with Gasteiger partial charge in [-0.25, -0.2) is 28.7 Å². The number of aromatic nitrogens is 5. The minimum absolute atomic E-state index is 0.00885. The van der Waals surface area contributed by atoms with Gasteiger partial charge in [0, 0.05) is 42.6 Å². The topological polar surface area (TPSA) is 381 Å². The standard InChI is InChI=1S/C61H72FN13O15/c1-37(2)54(74-50(76)20-24-85-27-29-87-31-32-88-30-28-86-26-23-75-51(77)18-19-52(75)78)58(80)71-47(11-6-21-64-60(63)83)57(79)69-40-14-12-39(13-15-40)36-90-61(84)65-22-25-89-41-33-48-43(66-34-41)16-17-46(70-48)56-55(45-10-4-7-38(3)68-45)72-49(73-56)35-67-44-9-5-8-42(53(44)62)59(81)82/h4-5,7-10,12-19,33-34,37,47,54,67H,6,11,20-32,35-36H2,1-3H3,(H,65,84)(H,69,79)(H,71,80)(H,72,73)(H,74,76)(H,81,82)(H3,63,64,83). The van der Waals surface area contributed by atoms with Crippen LogP contribution in [0.25, 0.3) is 33.8 Å². The van der Waals surface area contributed by atoms with Gasteiger partial charge in [-0.3, -0.25) is 38.8 Å². The lowest BCUT2D eigenvalue weighted by molar-refractivity contribution is -0.137. The number of H-pyrrole nitrogens is 1. The van der Waals surface area contributed by atoms with E-state index in [1.807, 2.05) is 19.1 Å². The highest BCUT2D eigenvalue weighted by molar-refractivity contribution is 6.12. The maximum Gasteiger partial charge on any atom is 0.407 e. The van der Waals surface area contributed by atoms with Gasteiger partial charge in [0.05, 0.1) is 118 Å². The van der Waals surface area contributed by atoms with Crippen molar-refractivity contribution in [3.05, 3.63) is 126 Å². The van der Waals surface area contributed by atoms with Crippen molar-refractivity contribution in [2.75, 3.05) is 89.7 Å². The van der Waals surface area contributed by atoms with Crippen LogP contribution in [0.2, 0.25) is 0 Å². The minimum Gasteiger partial charge on any atom is -0.490 e. The van der Waals surface area contributed by atoms with Crippen molar-refractivity contribution < 1.29 is 76.3 Å². The lowest BCUT2D eigenvalue weighted by Crippen LogP contribution is -2.54. The summed E-state index contributed by atoms with van der Waals surface area (Å²) in [5, 5.41) is 25.7. The number of aryl methyl sites for hydroxylation is 1. The molecule has 1 aliphatic rings. The number of primary amides is 1. The number of fused-ring (bicyclic) bond motifs is 1. The smallest absolute Gasteiger partial charge is 0.407 e. The van der Waals surface area contributed by atoms with Crippen LogP contribution < -0.4 is 42.4 Å². The molecular formula is C61H72FN13O15. The quantitative estimate of drug-likeness (QED) is 0.0191. The number of aromatic carboxylic acids is 1. The molecule has 4 aromatic heterocycles. The van der Waals surface area contributed by atoms with Gasteiger partial charge in [-0.15, -0.1) is 0 Å². The van der Waals surface area contributed by atoms with E-state index in [1.54, 1.807) is 62.4 Å². The van der Waals surface area contributed by atoms with Gasteiger partial charge in [0.1, 0.15) is 42.6 Å². The number of imidazole rings is 1. The van der Waals surface area contributed by atoms with Crippen LogP contribution in [0.1, 0.15) is 60.5 Å². The molecule has 29 heteroatoms. The lowest BCUT2D eigenvalue weighted by atomic mass is 10.0. The molecular weight excluding hydrogens is 1170 g/mol. The maximum atomic E-state index is 14.9. The number of nitrogens with zero attached hydrogens (tertiary/aromatic N) is 5. The molecule has 2 atom stereocenters. The van der Waals surface area contributed by atoms with Crippen molar-refractivity contribution in [2.24, 2.45) is 11.7 Å². The van der Waals surface area contributed by atoms with E-state index in [2.05, 4.69) is 46.9 Å². The summed E-state index contributed by atoms with van der Waals surface area (Å²) < 4.78 is 48.1. The number of ether oxygens (including phenoxy) is 6. The third-order valence-corrected chi connectivity index (χ3v) is 13.4. The number of amides is 8. The van der Waals surface area contributed by atoms with Crippen LogP contribution in [0.4, 0.5) is 25.4 Å². The molecule has 10 N–H and O–H groups in total. The number of carboxylic acid groups (broad SMARTS) is 1. The van der Waals surface area contributed by atoms with Crippen molar-refractivity contribution in [1.29, 1.82) is 0 Å². The van der Waals surface area contributed by atoms with E-state index in [1.165, 1.54) is 36.5 Å². The number of pyridine rings is 3. The number of anilines is 2. The highest BCUT2D eigenvalue weighted by Crippen LogP contribution is 2.31. The third kappa shape index (κ3) is 21.1. The van der Waals surface area contributed by atoms with Crippen LogP contribution in [-0.2, 0) is 60.8 Å². The molecule has 8 amide bonds. The summed E-state index contributed by atoms with van der Waals surface area (Å²) in [5.41, 5.74) is 9.57. The van der Waals surface area contributed by atoms with E-state index in [9.17, 15) is 47.9 Å². The highest BCUT2D eigenvalue weighted by atomic mass is 19.1. The van der Waals surface area contributed by atoms with Gasteiger partial charge in [-0.05, 0) is 79.8 Å². The lowest BCUT2D eigenvalue weighted by Gasteiger charge is -2.25. The summed E-state index contributed by atoms with van der Waals surface area (Å²) in [6, 6.07) is 18.4. The number of alkyl carbamates (subject to hydrolysis) is 1. The Morgan fingerprint density at radius 2 is 1.44 bits per heavy atom. The Hall–Kier alpha value is -9.97. The maximum absolute atomic E-state index is 14.9. The van der Waals surface area contributed by atoms with Crippen LogP contribution in [0.5, 0.6) is 5.75 Å². The zero-order chi connectivity index (χ0) is 64.4. The van der Waals surface area contributed by atoms with E-state index >= 15 is 0 Å². The van der Waals surface area contributed by atoms with E-state index in [-0.39, 0.29) is 115 Å². The molecule has 0 saturated heterocycles. The second-order valence-corrected chi connectivity index (χ2v) is 20.5. The average Bonchev–Trinajstić information content (AvgIpc) is 1.80. The van der Waals surface area contributed by atoms with Gasteiger partial charge in [-0.2, -0.15) is 0 Å². The van der Waals surface area contributed by atoms with E-state index < -0.39 is 59.3 Å². The van der Waals surface area contributed by atoms with Gasteiger partial charge >= 0.3 is 18.1 Å². The normalized spacial score (nSPS) is 12.6. The van der Waals surface area contributed by atoms with Crippen molar-refractivity contribution in [2.45, 2.75) is 65.3 Å². The largest absolute Gasteiger partial charge is 0.490 e. The van der Waals surface area contributed by atoms with Gasteiger partial charge < -0.3 is 76.1 Å². The van der Waals surface area contributed by atoms with Crippen molar-refractivity contribution in [3.63, 3.8) is 0 Å². The number of carbonyl (C=O) groups is 8. The van der Waals surface area contributed by atoms with Crippen LogP contribution in [-0.4, -0.2) is 174 Å². The molecule has 28 nitrogen and oxygen atoms in total. The summed E-state index contributed by atoms with van der Waals surface area (Å²) in [7, 11) is 0. The molecule has 0 spiro atoms. The molecule has 0 radical (unpaired) electrons. The van der Waals surface area contributed by atoms with Crippen LogP contribution in [0, 0.1) is 18.7 Å². The number of aromatic amines is 1. The second kappa shape index (κ2) is 34.5. The number of halogens is 1. The molecule has 0 saturated carbocycles. The Bertz CT molecular complexity index is 3480. The number of hydrogen-bond acceptors (Lipinski definition) is 19. The zero-order valence-corrected chi connectivity index (χ0v) is 49.8. The molecule has 90 heavy (non-hydrogen) atoms. The fourth-order valence-electron chi connectivity index (χ4n) is 8.77. The Morgan fingerprint density at radius 1 is 0.744 bits per heavy atom. The number of rotatable bonds is 37. The first kappa shape index (κ1) is 67.5. The first-order chi connectivity index (χ1) is 43.4. The molecule has 7 rings (SSSR count). The Kier molecular flexibility index (Phi) is 25.9. The predicted molar refractivity (Wildman–Crippen MR) is 324 cm³/mol. The summed E-state index contributed by atoms with van der Waals surface area (Å²) in [5.74, 6) is -4.22. The first-order valence-corrected chi connectivity index (χ1v) is 28.9. The predicted octanol–water partition coefficient (Wildman–Crippen LogP) is 4.54. The van der Waals surface area contributed by atoms with Gasteiger partial charge in [0.2, 0.25) is 17.7 Å². The van der Waals surface area contributed by atoms with Gasteiger partial charge in [-0.1, -0.05) is 38.1 Å². The molecule has 2 unspecified atom stereocenters. The van der Waals surface area contributed by atoms with Gasteiger partial charge in [0.25, 0.3) is 11.8 Å². The van der Waals surface area contributed by atoms with E-state index in [0.29, 0.717) is 76.5 Å². The molecule has 6 aromatic rings.